The van der Waals surface area contributed by atoms with Gasteiger partial charge in [-0.15, -0.1) is 17.7 Å². The molecule has 1 aromatic heterocycles. The first-order valence-electron chi connectivity index (χ1n) is 4.92. The lowest BCUT2D eigenvalue weighted by Crippen LogP contribution is -2.31. The summed E-state index contributed by atoms with van der Waals surface area (Å²) in [5.74, 6) is 0.114. The lowest BCUT2D eigenvalue weighted by molar-refractivity contribution is -0.131. The van der Waals surface area contributed by atoms with Crippen molar-refractivity contribution in [2.24, 2.45) is 0 Å². The third-order valence-electron chi connectivity index (χ3n) is 2.17. The van der Waals surface area contributed by atoms with Crippen LogP contribution in [0.25, 0.3) is 0 Å². The molecule has 1 rings (SSSR count). The molecule has 1 aromatic rings. The molecule has 7 heteroatoms. The van der Waals surface area contributed by atoms with Crippen LogP contribution in [0.1, 0.15) is 20.3 Å². The molecule has 0 radical (unpaired) electrons. The Morgan fingerprint density at radius 3 is 2.60 bits per heavy atom. The van der Waals surface area contributed by atoms with E-state index in [1.807, 2.05) is 13.8 Å². The SMILES string of the molecule is CCN(CC)C(=O)CCn1nnnc1S. The molecule has 0 fully saturated rings. The fourth-order valence-electron chi connectivity index (χ4n) is 1.28. The summed E-state index contributed by atoms with van der Waals surface area (Å²) >= 11 is 4.05. The van der Waals surface area contributed by atoms with Crippen molar-refractivity contribution in [2.45, 2.75) is 32.0 Å². The number of rotatable bonds is 5. The molecule has 15 heavy (non-hydrogen) atoms. The minimum Gasteiger partial charge on any atom is -0.343 e. The Morgan fingerprint density at radius 2 is 2.13 bits per heavy atom. The molecule has 0 aromatic carbocycles. The van der Waals surface area contributed by atoms with E-state index < -0.39 is 0 Å². The first kappa shape index (κ1) is 12.0. The van der Waals surface area contributed by atoms with E-state index in [-0.39, 0.29) is 5.91 Å². The van der Waals surface area contributed by atoms with Crippen LogP contribution in [0.2, 0.25) is 0 Å². The predicted octanol–water partition coefficient (Wildman–Crippen LogP) is 0.220. The number of aromatic nitrogens is 4. The molecule has 0 bridgehead atoms. The van der Waals surface area contributed by atoms with Crippen LogP contribution in [0.3, 0.4) is 0 Å². The van der Waals surface area contributed by atoms with Gasteiger partial charge in [-0.3, -0.25) is 4.79 Å². The summed E-state index contributed by atoms with van der Waals surface area (Å²) in [4.78, 5) is 13.4. The van der Waals surface area contributed by atoms with Crippen LogP contribution in [0.4, 0.5) is 0 Å². The van der Waals surface area contributed by atoms with Gasteiger partial charge in [0.25, 0.3) is 0 Å². The van der Waals surface area contributed by atoms with Gasteiger partial charge in [-0.05, 0) is 24.3 Å². The van der Waals surface area contributed by atoms with Crippen molar-refractivity contribution in [2.75, 3.05) is 13.1 Å². The van der Waals surface area contributed by atoms with E-state index in [0.717, 1.165) is 13.1 Å². The number of carbonyl (C=O) groups excluding carboxylic acids is 1. The first-order chi connectivity index (χ1) is 7.19. The fraction of sp³-hybridized carbons (Fsp3) is 0.750. The number of tetrazole rings is 1. The highest BCUT2D eigenvalue weighted by molar-refractivity contribution is 7.80. The van der Waals surface area contributed by atoms with Gasteiger partial charge >= 0.3 is 0 Å². The summed E-state index contributed by atoms with van der Waals surface area (Å²) < 4.78 is 1.50. The van der Waals surface area contributed by atoms with Gasteiger partial charge < -0.3 is 4.90 Å². The molecule has 0 aliphatic rings. The van der Waals surface area contributed by atoms with E-state index in [1.54, 1.807) is 4.90 Å². The highest BCUT2D eigenvalue weighted by Crippen LogP contribution is 2.01. The molecule has 1 amide bonds. The fourth-order valence-corrected chi connectivity index (χ4v) is 1.46. The average Bonchev–Trinajstić information content (AvgIpc) is 2.63. The van der Waals surface area contributed by atoms with Gasteiger partial charge in [0.2, 0.25) is 11.1 Å². The summed E-state index contributed by atoms with van der Waals surface area (Å²) in [5.41, 5.74) is 0. The van der Waals surface area contributed by atoms with Crippen molar-refractivity contribution in [3.05, 3.63) is 0 Å². The molecule has 0 N–H and O–H groups in total. The van der Waals surface area contributed by atoms with Crippen LogP contribution in [0.15, 0.2) is 5.16 Å². The molecular formula is C8H15N5OS. The van der Waals surface area contributed by atoms with Crippen molar-refractivity contribution in [3.63, 3.8) is 0 Å². The zero-order valence-corrected chi connectivity index (χ0v) is 9.81. The molecule has 0 spiro atoms. The average molecular weight is 229 g/mol. The summed E-state index contributed by atoms with van der Waals surface area (Å²) in [7, 11) is 0. The quantitative estimate of drug-likeness (QED) is 0.734. The Balaban J connectivity index is 2.43. The van der Waals surface area contributed by atoms with E-state index in [0.29, 0.717) is 18.1 Å². The van der Waals surface area contributed by atoms with E-state index in [4.69, 9.17) is 0 Å². The van der Waals surface area contributed by atoms with E-state index in [1.165, 1.54) is 4.68 Å². The molecular weight excluding hydrogens is 214 g/mol. The summed E-state index contributed by atoms with van der Waals surface area (Å²) in [6.45, 7) is 5.86. The number of aryl methyl sites for hydroxylation is 1. The molecule has 1 heterocycles. The number of nitrogens with zero attached hydrogens (tertiary/aromatic N) is 5. The molecule has 0 aliphatic heterocycles. The molecule has 0 unspecified atom stereocenters. The van der Waals surface area contributed by atoms with Gasteiger partial charge in [0, 0.05) is 19.5 Å². The number of thiol groups is 1. The van der Waals surface area contributed by atoms with Crippen molar-refractivity contribution in [1.29, 1.82) is 0 Å². The van der Waals surface area contributed by atoms with Crippen LogP contribution in [0.5, 0.6) is 0 Å². The van der Waals surface area contributed by atoms with Crippen LogP contribution in [0, 0.1) is 0 Å². The Bertz CT molecular complexity index is 323. The van der Waals surface area contributed by atoms with Gasteiger partial charge in [0.15, 0.2) is 0 Å². The molecule has 0 saturated heterocycles. The van der Waals surface area contributed by atoms with Gasteiger partial charge in [-0.25, -0.2) is 4.68 Å². The van der Waals surface area contributed by atoms with Crippen molar-refractivity contribution in [3.8, 4) is 0 Å². The van der Waals surface area contributed by atoms with Gasteiger partial charge in [0.1, 0.15) is 0 Å². The van der Waals surface area contributed by atoms with Crippen LogP contribution in [-0.2, 0) is 11.3 Å². The Kier molecular flexibility index (Phi) is 4.54. The number of amides is 1. The topological polar surface area (TPSA) is 63.9 Å². The normalized spacial score (nSPS) is 10.3. The second-order valence-corrected chi connectivity index (χ2v) is 3.42. The molecule has 0 atom stereocenters. The number of hydrogen-bond acceptors (Lipinski definition) is 5. The highest BCUT2D eigenvalue weighted by Gasteiger charge is 2.10. The van der Waals surface area contributed by atoms with Crippen LogP contribution < -0.4 is 0 Å². The van der Waals surface area contributed by atoms with Gasteiger partial charge in [-0.1, -0.05) is 0 Å². The molecule has 0 saturated carbocycles. The largest absolute Gasteiger partial charge is 0.343 e. The Morgan fingerprint density at radius 1 is 1.47 bits per heavy atom. The van der Waals surface area contributed by atoms with E-state index in [2.05, 4.69) is 28.2 Å². The third-order valence-corrected chi connectivity index (χ3v) is 2.49. The second kappa shape index (κ2) is 5.69. The third kappa shape index (κ3) is 3.19. The van der Waals surface area contributed by atoms with Crippen molar-refractivity contribution < 1.29 is 4.79 Å². The van der Waals surface area contributed by atoms with Crippen LogP contribution >= 0.6 is 12.6 Å². The maximum atomic E-state index is 11.6. The van der Waals surface area contributed by atoms with Crippen molar-refractivity contribution >= 4 is 18.5 Å². The summed E-state index contributed by atoms with van der Waals surface area (Å²) in [5, 5.41) is 11.2. The minimum absolute atomic E-state index is 0.114. The number of hydrogen-bond donors (Lipinski definition) is 1. The van der Waals surface area contributed by atoms with Crippen molar-refractivity contribution in [1.82, 2.24) is 25.1 Å². The Labute approximate surface area is 94.0 Å². The standard InChI is InChI=1S/C8H15N5OS/c1-3-12(4-2)7(14)5-6-13-8(15)9-10-11-13/h3-6H2,1-2H3,(H,9,11,15). The lowest BCUT2D eigenvalue weighted by Gasteiger charge is -2.18. The molecule has 0 aliphatic carbocycles. The predicted molar refractivity (Wildman–Crippen MR) is 57.6 cm³/mol. The zero-order chi connectivity index (χ0) is 11.3. The smallest absolute Gasteiger partial charge is 0.224 e. The summed E-state index contributed by atoms with van der Waals surface area (Å²) in [6, 6.07) is 0. The van der Waals surface area contributed by atoms with E-state index >= 15 is 0 Å². The molecule has 84 valence electrons. The van der Waals surface area contributed by atoms with E-state index in [9.17, 15) is 4.79 Å². The minimum atomic E-state index is 0.114. The monoisotopic (exact) mass is 229 g/mol. The second-order valence-electron chi connectivity index (χ2n) is 3.02. The van der Waals surface area contributed by atoms with Gasteiger partial charge in [0.05, 0.1) is 6.54 Å². The maximum absolute atomic E-state index is 11.6. The maximum Gasteiger partial charge on any atom is 0.224 e. The Hall–Kier alpha value is -1.11. The summed E-state index contributed by atoms with van der Waals surface area (Å²) in [6.07, 6.45) is 0.403. The first-order valence-corrected chi connectivity index (χ1v) is 5.36. The van der Waals surface area contributed by atoms with Gasteiger partial charge in [-0.2, -0.15) is 0 Å². The molecule has 6 nitrogen and oxygen atoms in total. The zero-order valence-electron chi connectivity index (χ0n) is 8.92. The lowest BCUT2D eigenvalue weighted by atomic mass is 10.3. The highest BCUT2D eigenvalue weighted by atomic mass is 32.1. The van der Waals surface area contributed by atoms with Crippen LogP contribution in [-0.4, -0.2) is 44.1 Å². The number of carbonyl (C=O) groups is 1.